The van der Waals surface area contributed by atoms with Crippen LogP contribution in [-0.4, -0.2) is 79.6 Å². The van der Waals surface area contributed by atoms with Gasteiger partial charge in [-0.1, -0.05) is 24.3 Å². The van der Waals surface area contributed by atoms with Crippen LogP contribution in [0.15, 0.2) is 53.5 Å². The van der Waals surface area contributed by atoms with Crippen LogP contribution in [0.3, 0.4) is 0 Å². The highest BCUT2D eigenvalue weighted by Crippen LogP contribution is 2.36. The van der Waals surface area contributed by atoms with Gasteiger partial charge in [0.1, 0.15) is 17.6 Å². The summed E-state index contributed by atoms with van der Waals surface area (Å²) in [5.41, 5.74) is 4.08. The largest absolute Gasteiger partial charge is 0.473 e. The molecule has 222 valence electrons. The summed E-state index contributed by atoms with van der Waals surface area (Å²) in [5, 5.41) is 24.0. The molecule has 0 radical (unpaired) electrons. The molecule has 1 aliphatic heterocycles. The summed E-state index contributed by atoms with van der Waals surface area (Å²) < 4.78 is 15.0. The Labute approximate surface area is 245 Å². The van der Waals surface area contributed by atoms with Gasteiger partial charge in [-0.2, -0.15) is 5.10 Å². The van der Waals surface area contributed by atoms with Crippen molar-refractivity contribution in [3.63, 3.8) is 0 Å². The van der Waals surface area contributed by atoms with Crippen LogP contribution < -0.4 is 15.6 Å². The fourth-order valence-corrected chi connectivity index (χ4v) is 6.14. The van der Waals surface area contributed by atoms with Crippen molar-refractivity contribution in [2.24, 2.45) is 7.05 Å². The van der Waals surface area contributed by atoms with Gasteiger partial charge in [-0.3, -0.25) is 14.4 Å². The summed E-state index contributed by atoms with van der Waals surface area (Å²) in [6.45, 7) is 4.96. The molecule has 1 aliphatic carbocycles. The lowest BCUT2D eigenvalue weighted by Gasteiger charge is -2.29. The number of aryl methyl sites for hydroxylation is 1. The summed E-state index contributed by atoms with van der Waals surface area (Å²) in [4.78, 5) is 18.6. The molecule has 2 fully saturated rings. The highest BCUT2D eigenvalue weighted by molar-refractivity contribution is 5.94. The Morgan fingerprint density at radius 2 is 1.83 bits per heavy atom. The van der Waals surface area contributed by atoms with Crippen LogP contribution in [0.5, 0.6) is 5.88 Å². The van der Waals surface area contributed by atoms with Crippen molar-refractivity contribution in [3.05, 3.63) is 64.6 Å². The minimum absolute atomic E-state index is 0.0509. The molecule has 42 heavy (non-hydrogen) atoms. The molecule has 11 nitrogen and oxygen atoms in total. The average Bonchev–Trinajstić information content (AvgIpc) is 3.55. The third-order valence-electron chi connectivity index (χ3n) is 8.41. The zero-order chi connectivity index (χ0) is 29.2. The highest BCUT2D eigenvalue weighted by Gasteiger charge is 2.31. The quantitative estimate of drug-likeness (QED) is 0.311. The zero-order valence-electron chi connectivity index (χ0n) is 24.4. The number of aliphatic hydroxyl groups is 1. The van der Waals surface area contributed by atoms with Crippen LogP contribution >= 0.6 is 0 Å². The van der Waals surface area contributed by atoms with Gasteiger partial charge in [0.25, 0.3) is 5.56 Å². The summed E-state index contributed by atoms with van der Waals surface area (Å²) >= 11 is 0. The van der Waals surface area contributed by atoms with Gasteiger partial charge in [0.2, 0.25) is 5.88 Å². The van der Waals surface area contributed by atoms with Crippen molar-refractivity contribution in [2.45, 2.75) is 63.5 Å². The van der Waals surface area contributed by atoms with Gasteiger partial charge >= 0.3 is 0 Å². The molecule has 1 aromatic carbocycles. The molecular formula is C31H39N7O4. The highest BCUT2D eigenvalue weighted by atomic mass is 16.5. The Morgan fingerprint density at radius 1 is 1.05 bits per heavy atom. The second kappa shape index (κ2) is 12.2. The lowest BCUT2D eigenvalue weighted by molar-refractivity contribution is 0.0215. The van der Waals surface area contributed by atoms with E-state index in [1.165, 1.54) is 16.3 Å². The van der Waals surface area contributed by atoms with Gasteiger partial charge < -0.3 is 19.9 Å². The number of anilines is 1. The van der Waals surface area contributed by atoms with Crippen molar-refractivity contribution in [3.8, 4) is 17.1 Å². The number of methoxy groups -OCH3 is 1. The van der Waals surface area contributed by atoms with Gasteiger partial charge in [-0.25, -0.2) is 9.67 Å². The van der Waals surface area contributed by atoms with E-state index in [1.54, 1.807) is 20.2 Å². The Bertz CT molecular complexity index is 1580. The van der Waals surface area contributed by atoms with Gasteiger partial charge in [-0.15, -0.1) is 5.10 Å². The lowest BCUT2D eigenvalue weighted by atomic mass is 9.93. The van der Waals surface area contributed by atoms with Gasteiger partial charge in [0.15, 0.2) is 0 Å². The van der Waals surface area contributed by atoms with Crippen molar-refractivity contribution < 1.29 is 14.6 Å². The first-order chi connectivity index (χ1) is 20.4. The maximum Gasteiger partial charge on any atom is 0.266 e. The first-order valence-corrected chi connectivity index (χ1v) is 14.8. The molecule has 2 atom stereocenters. The molecule has 0 amide bonds. The van der Waals surface area contributed by atoms with E-state index in [1.807, 2.05) is 6.20 Å². The minimum atomic E-state index is -0.448. The normalized spacial score (nSPS) is 23.0. The van der Waals surface area contributed by atoms with Crippen LogP contribution in [0.4, 0.5) is 5.82 Å². The van der Waals surface area contributed by atoms with Crippen LogP contribution in [0.25, 0.3) is 22.2 Å². The van der Waals surface area contributed by atoms with E-state index < -0.39 is 6.10 Å². The van der Waals surface area contributed by atoms with E-state index in [9.17, 15) is 9.90 Å². The number of hydrogen-bond acceptors (Lipinski definition) is 9. The van der Waals surface area contributed by atoms with Crippen molar-refractivity contribution in [1.29, 1.82) is 0 Å². The predicted octanol–water partition coefficient (Wildman–Crippen LogP) is 3.38. The summed E-state index contributed by atoms with van der Waals surface area (Å²) in [7, 11) is 3.28. The van der Waals surface area contributed by atoms with E-state index in [0.717, 1.165) is 73.3 Å². The number of benzene rings is 1. The molecule has 0 spiro atoms. The summed E-state index contributed by atoms with van der Waals surface area (Å²) in [6, 6.07) is 14.0. The molecule has 0 unspecified atom stereocenters. The third-order valence-corrected chi connectivity index (χ3v) is 8.41. The van der Waals surface area contributed by atoms with Gasteiger partial charge in [0.05, 0.1) is 23.8 Å². The molecular weight excluding hydrogens is 534 g/mol. The van der Waals surface area contributed by atoms with Crippen molar-refractivity contribution in [2.75, 3.05) is 32.1 Å². The number of pyridine rings is 1. The second-order valence-corrected chi connectivity index (χ2v) is 11.3. The van der Waals surface area contributed by atoms with E-state index in [4.69, 9.17) is 14.6 Å². The van der Waals surface area contributed by atoms with E-state index in [2.05, 4.69) is 62.2 Å². The van der Waals surface area contributed by atoms with Crippen LogP contribution in [-0.2, 0) is 18.3 Å². The van der Waals surface area contributed by atoms with Crippen molar-refractivity contribution >= 4 is 16.7 Å². The number of aromatic nitrogens is 5. The van der Waals surface area contributed by atoms with E-state index in [0.29, 0.717) is 12.4 Å². The van der Waals surface area contributed by atoms with Gasteiger partial charge in [0, 0.05) is 75.7 Å². The number of fused-ring (bicyclic) bond motifs is 1. The number of β-amino-alcohol motifs (C(OH)–C–C–N with tert-alkyl or cyclic N) is 1. The van der Waals surface area contributed by atoms with Crippen LogP contribution in [0, 0.1) is 0 Å². The topological polar surface area (TPSA) is 120 Å². The molecule has 2 N–H and O–H groups in total. The van der Waals surface area contributed by atoms with E-state index >= 15 is 0 Å². The number of nitrogens with zero attached hydrogens (tertiary/aromatic N) is 6. The Hall–Kier alpha value is -3.80. The summed E-state index contributed by atoms with van der Waals surface area (Å²) in [6.07, 6.45) is 5.00. The second-order valence-electron chi connectivity index (χ2n) is 11.3. The molecule has 2 aliphatic rings. The number of likely N-dealkylation sites (tertiary alicyclic amines) is 1. The number of hydrogen-bond donors (Lipinski definition) is 2. The minimum Gasteiger partial charge on any atom is -0.473 e. The maximum atomic E-state index is 11.7. The molecule has 3 aromatic heterocycles. The Balaban J connectivity index is 1.21. The van der Waals surface area contributed by atoms with Crippen molar-refractivity contribution in [1.82, 2.24) is 29.4 Å². The molecule has 0 bridgehead atoms. The van der Waals surface area contributed by atoms with Gasteiger partial charge in [-0.05, 0) is 38.2 Å². The number of ether oxygens (including phenoxy) is 2. The standard InChI is InChI=1S/C31H39N7O4/c1-4-32-28-15-25-24(16-33-28)31(21-7-5-20(6-8-21)17-37-18-26(39)27(19-37)41-3)35-38(25)22-9-11-23(12-10-22)42-29-13-14-30(40)36(2)34-29/h5-8,13-16,22-23,26-27,39H,4,9-12,17-19H2,1-3H3,(H,32,33)/t22-,23+,26-,27-/m0/s1. The first kappa shape index (κ1) is 28.3. The monoisotopic (exact) mass is 573 g/mol. The lowest BCUT2D eigenvalue weighted by Crippen LogP contribution is -2.27. The van der Waals surface area contributed by atoms with Crippen LogP contribution in [0.1, 0.15) is 44.2 Å². The zero-order valence-corrected chi connectivity index (χ0v) is 24.4. The smallest absolute Gasteiger partial charge is 0.266 e. The van der Waals surface area contributed by atoms with Crippen LogP contribution in [0.2, 0.25) is 0 Å². The molecule has 6 rings (SSSR count). The predicted molar refractivity (Wildman–Crippen MR) is 161 cm³/mol. The number of rotatable bonds is 9. The molecule has 4 heterocycles. The Morgan fingerprint density at radius 3 is 2.52 bits per heavy atom. The molecule has 1 saturated heterocycles. The maximum absolute atomic E-state index is 11.7. The number of aliphatic hydroxyl groups excluding tert-OH is 1. The summed E-state index contributed by atoms with van der Waals surface area (Å²) in [5.74, 6) is 1.32. The number of nitrogens with one attached hydrogen (secondary N) is 1. The fourth-order valence-electron chi connectivity index (χ4n) is 6.14. The third kappa shape index (κ3) is 5.90. The molecule has 4 aromatic rings. The van der Waals surface area contributed by atoms with E-state index in [-0.39, 0.29) is 23.8 Å². The first-order valence-electron chi connectivity index (χ1n) is 14.8. The molecule has 1 saturated carbocycles. The fraction of sp³-hybridized carbons (Fsp3) is 0.484. The molecule has 11 heteroatoms. The Kier molecular flexibility index (Phi) is 8.23. The SMILES string of the molecule is CCNc1cc2c(cn1)c(-c1ccc(CN3C[C@H](OC)[C@@H](O)C3)cc1)nn2[C@H]1CC[C@@H](Oc2ccc(=O)n(C)n2)CC1. The average molecular weight is 574 g/mol.